The Hall–Kier alpha value is -2.14. The van der Waals surface area contributed by atoms with Gasteiger partial charge in [0, 0.05) is 51.5 Å². The molecule has 5 heteroatoms. The Kier molecular flexibility index (Phi) is 5.30. The average molecular weight is 367 g/mol. The second-order valence-electron chi connectivity index (χ2n) is 8.03. The molecule has 0 spiro atoms. The minimum atomic E-state index is 0.135. The SMILES string of the molecule is CN(CCCc1nccn1C)C(=O)[C@@H]1C[C@H](c2ccccc2)N2CCC[C@@H]12. The van der Waals surface area contributed by atoms with Crippen LogP contribution < -0.4 is 0 Å². The zero-order valence-electron chi connectivity index (χ0n) is 16.4. The van der Waals surface area contributed by atoms with Crippen LogP contribution in [0.2, 0.25) is 0 Å². The van der Waals surface area contributed by atoms with Crippen molar-refractivity contribution in [2.24, 2.45) is 13.0 Å². The third kappa shape index (κ3) is 3.65. The molecule has 1 amide bonds. The predicted octanol–water partition coefficient (Wildman–Crippen LogP) is 3.04. The lowest BCUT2D eigenvalue weighted by molar-refractivity contribution is -0.134. The standard InChI is InChI=1S/C22H30N4O/c1-24-15-12-23-21(24)11-7-13-25(2)22(27)18-16-20(17-8-4-3-5-9-17)26-14-6-10-19(18)26/h3-5,8-9,12,15,18-20H,6-7,10-11,13-14,16H2,1-2H3/t18-,19+,20-/m1/s1. The summed E-state index contributed by atoms with van der Waals surface area (Å²) in [6.45, 7) is 1.92. The molecule has 0 aliphatic carbocycles. The molecule has 0 N–H and O–H groups in total. The number of carbonyl (C=O) groups is 1. The van der Waals surface area contributed by atoms with E-state index in [2.05, 4.69) is 44.8 Å². The van der Waals surface area contributed by atoms with E-state index in [1.807, 2.05) is 31.4 Å². The highest BCUT2D eigenvalue weighted by molar-refractivity contribution is 5.80. The van der Waals surface area contributed by atoms with Gasteiger partial charge >= 0.3 is 0 Å². The Bertz CT molecular complexity index is 772. The molecule has 1 aromatic carbocycles. The molecule has 1 aromatic heterocycles. The smallest absolute Gasteiger partial charge is 0.227 e. The summed E-state index contributed by atoms with van der Waals surface area (Å²) in [6.07, 6.45) is 8.99. The van der Waals surface area contributed by atoms with Crippen molar-refractivity contribution < 1.29 is 4.79 Å². The summed E-state index contributed by atoms with van der Waals surface area (Å²) >= 11 is 0. The van der Waals surface area contributed by atoms with Crippen molar-refractivity contribution in [3.05, 3.63) is 54.1 Å². The molecule has 0 saturated carbocycles. The summed E-state index contributed by atoms with van der Waals surface area (Å²) in [4.78, 5) is 22.1. The van der Waals surface area contributed by atoms with E-state index in [1.54, 1.807) is 0 Å². The van der Waals surface area contributed by atoms with Crippen molar-refractivity contribution in [1.29, 1.82) is 0 Å². The van der Waals surface area contributed by atoms with Gasteiger partial charge in [-0.2, -0.15) is 0 Å². The van der Waals surface area contributed by atoms with Crippen molar-refractivity contribution in [2.45, 2.75) is 44.2 Å². The quantitative estimate of drug-likeness (QED) is 0.789. The summed E-state index contributed by atoms with van der Waals surface area (Å²) in [7, 11) is 3.99. The third-order valence-corrected chi connectivity index (χ3v) is 6.38. The van der Waals surface area contributed by atoms with Gasteiger partial charge in [0.15, 0.2) is 0 Å². The first-order valence-corrected chi connectivity index (χ1v) is 10.2. The van der Waals surface area contributed by atoms with Gasteiger partial charge in [-0.15, -0.1) is 0 Å². The van der Waals surface area contributed by atoms with Crippen LogP contribution in [0.15, 0.2) is 42.7 Å². The van der Waals surface area contributed by atoms with E-state index in [4.69, 9.17) is 0 Å². The zero-order valence-corrected chi connectivity index (χ0v) is 16.4. The maximum Gasteiger partial charge on any atom is 0.227 e. The number of aryl methyl sites for hydroxylation is 2. The molecule has 0 unspecified atom stereocenters. The molecule has 3 heterocycles. The van der Waals surface area contributed by atoms with Crippen LogP contribution in [0.5, 0.6) is 0 Å². The van der Waals surface area contributed by atoms with E-state index >= 15 is 0 Å². The van der Waals surface area contributed by atoms with Crippen molar-refractivity contribution >= 4 is 5.91 Å². The van der Waals surface area contributed by atoms with Crippen LogP contribution in [0.1, 0.15) is 43.1 Å². The van der Waals surface area contributed by atoms with Crippen molar-refractivity contribution in [2.75, 3.05) is 20.1 Å². The number of fused-ring (bicyclic) bond motifs is 1. The number of hydrogen-bond acceptors (Lipinski definition) is 3. The number of amides is 1. The van der Waals surface area contributed by atoms with Crippen molar-refractivity contribution in [1.82, 2.24) is 19.4 Å². The van der Waals surface area contributed by atoms with Crippen LogP contribution in [0.4, 0.5) is 0 Å². The van der Waals surface area contributed by atoms with Gasteiger partial charge in [-0.3, -0.25) is 9.69 Å². The van der Waals surface area contributed by atoms with Gasteiger partial charge in [-0.05, 0) is 37.8 Å². The molecule has 2 aliphatic heterocycles. The Morgan fingerprint density at radius 2 is 2.11 bits per heavy atom. The van der Waals surface area contributed by atoms with E-state index in [-0.39, 0.29) is 5.92 Å². The van der Waals surface area contributed by atoms with Gasteiger partial charge < -0.3 is 9.47 Å². The molecule has 5 nitrogen and oxygen atoms in total. The van der Waals surface area contributed by atoms with Crippen LogP contribution in [0.25, 0.3) is 0 Å². The summed E-state index contributed by atoms with van der Waals surface area (Å²) in [6, 6.07) is 11.5. The van der Waals surface area contributed by atoms with Gasteiger partial charge in [-0.25, -0.2) is 4.98 Å². The maximum atomic E-state index is 13.2. The highest BCUT2D eigenvalue weighted by Crippen LogP contribution is 2.45. The normalized spacial score (nSPS) is 24.9. The first-order valence-electron chi connectivity index (χ1n) is 10.2. The van der Waals surface area contributed by atoms with E-state index in [0.717, 1.165) is 44.6 Å². The molecule has 144 valence electrons. The van der Waals surface area contributed by atoms with E-state index in [1.165, 1.54) is 12.0 Å². The fourth-order valence-corrected chi connectivity index (χ4v) is 4.94. The van der Waals surface area contributed by atoms with Crippen LogP contribution >= 0.6 is 0 Å². The van der Waals surface area contributed by atoms with Gasteiger partial charge in [-0.1, -0.05) is 30.3 Å². The lowest BCUT2D eigenvalue weighted by Gasteiger charge is -2.26. The highest BCUT2D eigenvalue weighted by Gasteiger charge is 2.47. The number of hydrogen-bond donors (Lipinski definition) is 0. The first-order chi connectivity index (χ1) is 13.1. The van der Waals surface area contributed by atoms with Gasteiger partial charge in [0.1, 0.15) is 5.82 Å². The molecule has 0 radical (unpaired) electrons. The van der Waals surface area contributed by atoms with Crippen LogP contribution in [-0.4, -0.2) is 51.4 Å². The molecule has 0 bridgehead atoms. The molecule has 2 aliphatic rings. The number of benzene rings is 1. The number of carbonyl (C=O) groups excluding carboxylic acids is 1. The minimum Gasteiger partial charge on any atom is -0.345 e. The Labute approximate surface area is 162 Å². The second-order valence-corrected chi connectivity index (χ2v) is 8.03. The van der Waals surface area contributed by atoms with E-state index < -0.39 is 0 Å². The number of aromatic nitrogens is 2. The average Bonchev–Trinajstić information content (AvgIpc) is 3.39. The molecule has 3 atom stereocenters. The van der Waals surface area contributed by atoms with Gasteiger partial charge in [0.2, 0.25) is 5.91 Å². The van der Waals surface area contributed by atoms with E-state index in [0.29, 0.717) is 18.0 Å². The zero-order chi connectivity index (χ0) is 18.8. The number of nitrogens with zero attached hydrogens (tertiary/aromatic N) is 4. The van der Waals surface area contributed by atoms with Gasteiger partial charge in [0.05, 0.1) is 5.92 Å². The molecule has 2 saturated heterocycles. The Morgan fingerprint density at radius 1 is 1.30 bits per heavy atom. The van der Waals surface area contributed by atoms with Crippen LogP contribution in [-0.2, 0) is 18.3 Å². The van der Waals surface area contributed by atoms with Gasteiger partial charge in [0.25, 0.3) is 0 Å². The van der Waals surface area contributed by atoms with Crippen molar-refractivity contribution in [3.8, 4) is 0 Å². The summed E-state index contributed by atoms with van der Waals surface area (Å²) in [5.41, 5.74) is 1.36. The first kappa shape index (κ1) is 18.2. The predicted molar refractivity (Wildman–Crippen MR) is 106 cm³/mol. The fourth-order valence-electron chi connectivity index (χ4n) is 4.94. The second kappa shape index (κ2) is 7.85. The highest BCUT2D eigenvalue weighted by atomic mass is 16.2. The largest absolute Gasteiger partial charge is 0.345 e. The molecule has 4 rings (SSSR count). The lowest BCUT2D eigenvalue weighted by atomic mass is 9.93. The lowest BCUT2D eigenvalue weighted by Crippen LogP contribution is -2.39. The molecule has 2 fully saturated rings. The third-order valence-electron chi connectivity index (χ3n) is 6.38. The Balaban J connectivity index is 1.38. The summed E-state index contributed by atoms with van der Waals surface area (Å²) < 4.78 is 2.06. The summed E-state index contributed by atoms with van der Waals surface area (Å²) in [5.74, 6) is 1.55. The van der Waals surface area contributed by atoms with Crippen LogP contribution in [0.3, 0.4) is 0 Å². The maximum absolute atomic E-state index is 13.2. The minimum absolute atomic E-state index is 0.135. The number of imidazole rings is 1. The van der Waals surface area contributed by atoms with E-state index in [9.17, 15) is 4.79 Å². The van der Waals surface area contributed by atoms with Crippen molar-refractivity contribution in [3.63, 3.8) is 0 Å². The number of rotatable bonds is 6. The monoisotopic (exact) mass is 366 g/mol. The topological polar surface area (TPSA) is 41.4 Å². The van der Waals surface area contributed by atoms with Crippen LogP contribution in [0, 0.1) is 5.92 Å². The Morgan fingerprint density at radius 3 is 2.85 bits per heavy atom. The summed E-state index contributed by atoms with van der Waals surface area (Å²) in [5, 5.41) is 0. The molecular formula is C22H30N4O. The fraction of sp³-hybridized carbons (Fsp3) is 0.545. The molecule has 2 aromatic rings. The molecular weight excluding hydrogens is 336 g/mol. The molecule has 27 heavy (non-hydrogen) atoms.